The lowest BCUT2D eigenvalue weighted by molar-refractivity contribution is -0.121. The van der Waals surface area contributed by atoms with Crippen molar-refractivity contribution >= 4 is 5.91 Å². The molecule has 0 saturated heterocycles. The van der Waals surface area contributed by atoms with E-state index < -0.39 is 0 Å². The highest BCUT2D eigenvalue weighted by Gasteiger charge is 2.11. The Morgan fingerprint density at radius 2 is 1.86 bits per heavy atom. The van der Waals surface area contributed by atoms with E-state index in [0.29, 0.717) is 12.3 Å². The highest BCUT2D eigenvalue weighted by Crippen LogP contribution is 2.19. The summed E-state index contributed by atoms with van der Waals surface area (Å²) >= 11 is 0. The Morgan fingerprint density at radius 1 is 1.14 bits per heavy atom. The van der Waals surface area contributed by atoms with Gasteiger partial charge < -0.3 is 5.32 Å². The van der Waals surface area contributed by atoms with Gasteiger partial charge in [-0.2, -0.15) is 0 Å². The van der Waals surface area contributed by atoms with Crippen LogP contribution in [0.1, 0.15) is 95.3 Å². The number of rotatable bonds is 7. The van der Waals surface area contributed by atoms with Crippen molar-refractivity contribution in [1.29, 1.82) is 0 Å². The fourth-order valence-corrected chi connectivity index (χ4v) is 2.31. The van der Waals surface area contributed by atoms with Crippen LogP contribution in [-0.4, -0.2) is 12.5 Å². The van der Waals surface area contributed by atoms with Crippen LogP contribution in [0.25, 0.3) is 0 Å². The van der Waals surface area contributed by atoms with E-state index in [1.165, 1.54) is 44.9 Å². The minimum absolute atomic E-state index is 0. The summed E-state index contributed by atoms with van der Waals surface area (Å²) in [6, 6.07) is 0. The number of unbranched alkanes of at least 4 members (excludes halogenated alkanes) is 3. The molecule has 0 spiro atoms. The maximum absolute atomic E-state index is 11.7. The highest BCUT2D eigenvalue weighted by atomic mass is 16.1. The fourth-order valence-electron chi connectivity index (χ4n) is 2.31. The van der Waals surface area contributed by atoms with E-state index >= 15 is 0 Å². The molecule has 0 aromatic rings. The minimum atomic E-state index is 0. The maximum atomic E-state index is 11.7. The van der Waals surface area contributed by atoms with Crippen molar-refractivity contribution in [3.8, 4) is 0 Å². The zero-order valence-corrected chi connectivity index (χ0v) is 15.2. The smallest absolute Gasteiger partial charge is 0.220 e. The van der Waals surface area contributed by atoms with Gasteiger partial charge in [0.15, 0.2) is 0 Å². The third kappa shape index (κ3) is 15.4. The summed E-state index contributed by atoms with van der Waals surface area (Å²) in [5.41, 5.74) is 0. The van der Waals surface area contributed by atoms with Crippen molar-refractivity contribution in [2.75, 3.05) is 6.54 Å². The molecule has 1 amide bonds. The molecule has 0 aromatic heterocycles. The molecule has 130 valence electrons. The van der Waals surface area contributed by atoms with Crippen LogP contribution < -0.4 is 5.32 Å². The fraction of sp³-hybridized carbons (Fsp3) is 0.842. The maximum Gasteiger partial charge on any atom is 0.220 e. The second kappa shape index (κ2) is 19.2. The standard InChI is InChI=1S/C15H27NO.2C2H6.2H2/c1-2-3-4-9-12-16-15(17)13-14-10-7-5-6-8-11-14;2*1-2;;/h7,10,14H,2-6,8-9,11-13H2,1H3,(H,16,17);2*1-2H3;2*1H. The molecule has 21 heavy (non-hydrogen) atoms. The van der Waals surface area contributed by atoms with Crippen molar-refractivity contribution in [2.24, 2.45) is 5.92 Å². The summed E-state index contributed by atoms with van der Waals surface area (Å²) in [5.74, 6) is 0.714. The summed E-state index contributed by atoms with van der Waals surface area (Å²) in [4.78, 5) is 11.7. The molecule has 0 bridgehead atoms. The van der Waals surface area contributed by atoms with Gasteiger partial charge in [-0.3, -0.25) is 4.79 Å². The van der Waals surface area contributed by atoms with Gasteiger partial charge in [-0.05, 0) is 31.6 Å². The van der Waals surface area contributed by atoms with Crippen LogP contribution >= 0.6 is 0 Å². The van der Waals surface area contributed by atoms with E-state index in [4.69, 9.17) is 0 Å². The number of allylic oxidation sites excluding steroid dienone is 2. The SMILES string of the molecule is CC.CC.CCCCCCNC(=O)CC1C=CCCCC1.[HH].[HH]. The number of amides is 1. The average Bonchev–Trinajstić information content (AvgIpc) is 2.80. The van der Waals surface area contributed by atoms with E-state index in [9.17, 15) is 4.79 Å². The van der Waals surface area contributed by atoms with E-state index in [2.05, 4.69) is 24.4 Å². The number of carbonyl (C=O) groups is 1. The molecule has 0 saturated carbocycles. The predicted molar refractivity (Wildman–Crippen MR) is 99.8 cm³/mol. The third-order valence-electron chi connectivity index (χ3n) is 3.40. The Hall–Kier alpha value is -0.790. The first-order chi connectivity index (χ1) is 10.3. The van der Waals surface area contributed by atoms with Crippen molar-refractivity contribution in [1.82, 2.24) is 5.32 Å². The number of carbonyl (C=O) groups excluding carboxylic acids is 1. The van der Waals surface area contributed by atoms with Crippen molar-refractivity contribution in [2.45, 2.75) is 92.4 Å². The molecule has 1 aliphatic carbocycles. The van der Waals surface area contributed by atoms with Gasteiger partial charge in [-0.25, -0.2) is 0 Å². The van der Waals surface area contributed by atoms with Crippen LogP contribution in [0.2, 0.25) is 0 Å². The van der Waals surface area contributed by atoms with Crippen LogP contribution in [0.3, 0.4) is 0 Å². The van der Waals surface area contributed by atoms with E-state index in [1.807, 2.05) is 27.7 Å². The summed E-state index contributed by atoms with van der Waals surface area (Å²) < 4.78 is 0. The summed E-state index contributed by atoms with van der Waals surface area (Å²) in [6.45, 7) is 11.1. The molecule has 1 N–H and O–H groups in total. The molecular formula is C19H43NO. The topological polar surface area (TPSA) is 29.1 Å². The quantitative estimate of drug-likeness (QED) is 0.430. The van der Waals surface area contributed by atoms with Crippen molar-refractivity contribution < 1.29 is 7.65 Å². The zero-order valence-electron chi connectivity index (χ0n) is 15.2. The highest BCUT2D eigenvalue weighted by molar-refractivity contribution is 5.76. The van der Waals surface area contributed by atoms with Crippen LogP contribution in [0.5, 0.6) is 0 Å². The lowest BCUT2D eigenvalue weighted by Crippen LogP contribution is -2.26. The molecule has 2 heteroatoms. The van der Waals surface area contributed by atoms with Crippen LogP contribution in [0, 0.1) is 5.92 Å². The van der Waals surface area contributed by atoms with E-state index in [0.717, 1.165) is 13.0 Å². The van der Waals surface area contributed by atoms with Gasteiger partial charge in [-0.1, -0.05) is 72.5 Å². The predicted octanol–water partition coefficient (Wildman–Crippen LogP) is 6.36. The molecule has 1 rings (SSSR count). The molecule has 1 aliphatic rings. The van der Waals surface area contributed by atoms with Crippen molar-refractivity contribution in [3.05, 3.63) is 12.2 Å². The van der Waals surface area contributed by atoms with Gasteiger partial charge >= 0.3 is 0 Å². The first-order valence-electron chi connectivity index (χ1n) is 9.26. The minimum Gasteiger partial charge on any atom is -0.356 e. The van der Waals surface area contributed by atoms with E-state index in [1.54, 1.807) is 0 Å². The molecule has 0 heterocycles. The van der Waals surface area contributed by atoms with Gasteiger partial charge in [0.1, 0.15) is 0 Å². The van der Waals surface area contributed by atoms with Gasteiger partial charge in [0, 0.05) is 15.8 Å². The largest absolute Gasteiger partial charge is 0.356 e. The third-order valence-corrected chi connectivity index (χ3v) is 3.40. The molecule has 0 aromatic carbocycles. The van der Waals surface area contributed by atoms with Gasteiger partial charge in [0.05, 0.1) is 0 Å². The summed E-state index contributed by atoms with van der Waals surface area (Å²) in [6.07, 6.45) is 15.0. The summed E-state index contributed by atoms with van der Waals surface area (Å²) in [7, 11) is 0. The molecule has 2 nitrogen and oxygen atoms in total. The lowest BCUT2D eigenvalue weighted by atomic mass is 9.99. The Labute approximate surface area is 136 Å². The Bertz CT molecular complexity index is 246. The Kier molecular flexibility index (Phi) is 20.6. The molecule has 0 fully saturated rings. The normalized spacial score (nSPS) is 16.7. The monoisotopic (exact) mass is 301 g/mol. The van der Waals surface area contributed by atoms with E-state index in [-0.39, 0.29) is 8.76 Å². The zero-order chi connectivity index (χ0) is 16.3. The first-order valence-corrected chi connectivity index (χ1v) is 9.26. The number of nitrogens with one attached hydrogen (secondary N) is 1. The number of hydrogen-bond acceptors (Lipinski definition) is 1. The molecular weight excluding hydrogens is 258 g/mol. The Balaban J connectivity index is -0.000000278. The van der Waals surface area contributed by atoms with Gasteiger partial charge in [0.25, 0.3) is 0 Å². The van der Waals surface area contributed by atoms with Crippen LogP contribution in [0.4, 0.5) is 0 Å². The molecule has 0 aliphatic heterocycles. The van der Waals surface area contributed by atoms with Gasteiger partial charge in [0.2, 0.25) is 5.91 Å². The second-order valence-corrected chi connectivity index (χ2v) is 5.09. The van der Waals surface area contributed by atoms with Crippen LogP contribution in [-0.2, 0) is 4.79 Å². The first kappa shape index (κ1) is 22.5. The molecule has 0 radical (unpaired) electrons. The average molecular weight is 302 g/mol. The van der Waals surface area contributed by atoms with Crippen LogP contribution in [0.15, 0.2) is 12.2 Å². The lowest BCUT2D eigenvalue weighted by Gasteiger charge is -2.11. The number of hydrogen-bond donors (Lipinski definition) is 1. The van der Waals surface area contributed by atoms with Gasteiger partial charge in [-0.15, -0.1) is 0 Å². The molecule has 1 atom stereocenters. The second-order valence-electron chi connectivity index (χ2n) is 5.09. The Morgan fingerprint density at radius 3 is 2.52 bits per heavy atom. The summed E-state index contributed by atoms with van der Waals surface area (Å²) in [5, 5.41) is 3.04. The van der Waals surface area contributed by atoms with Crippen molar-refractivity contribution in [3.63, 3.8) is 0 Å². The molecule has 1 unspecified atom stereocenters.